The molecule has 2 aliphatic heterocycles. The Hall–Kier alpha value is -0.550. The summed E-state index contributed by atoms with van der Waals surface area (Å²) in [6.45, 7) is 1.76. The molecule has 1 saturated heterocycles. The molecule has 0 atom stereocenters. The number of hydrogen-bond acceptors (Lipinski definition) is 3. The van der Waals surface area contributed by atoms with Crippen molar-refractivity contribution in [2.24, 2.45) is 0 Å². The second-order valence-corrected chi connectivity index (χ2v) is 7.12. The van der Waals surface area contributed by atoms with E-state index in [2.05, 4.69) is 11.4 Å². The summed E-state index contributed by atoms with van der Waals surface area (Å²) < 4.78 is 20.4. The van der Waals surface area contributed by atoms with Crippen LogP contribution in [0.25, 0.3) is 0 Å². The lowest BCUT2D eigenvalue weighted by molar-refractivity contribution is 0.361. The molecule has 0 radical (unpaired) electrons. The van der Waals surface area contributed by atoms with Gasteiger partial charge in [-0.15, -0.1) is 0 Å². The van der Waals surface area contributed by atoms with Crippen LogP contribution >= 0.6 is 10.6 Å². The van der Waals surface area contributed by atoms with Crippen molar-refractivity contribution in [3.05, 3.63) is 35.4 Å². The summed E-state index contributed by atoms with van der Waals surface area (Å²) >= 11 is 0. The topological polar surface area (TPSA) is 52.5 Å². The Labute approximate surface area is 97.2 Å². The smallest absolute Gasteiger partial charge is 0.0873 e. The molecule has 1 fully saturated rings. The molecule has 3 nitrogen and oxygen atoms in total. The summed E-state index contributed by atoms with van der Waals surface area (Å²) in [6.07, 6.45) is 1.68. The summed E-state index contributed by atoms with van der Waals surface area (Å²) in [5.41, 5.74) is 2.31. The van der Waals surface area contributed by atoms with Crippen LogP contribution in [0.2, 0.25) is 0 Å². The molecule has 0 aliphatic carbocycles. The largest absolute Gasteiger partial charge is 0.317 e. The minimum Gasteiger partial charge on any atom is -0.317 e. The van der Waals surface area contributed by atoms with Crippen molar-refractivity contribution in [2.45, 2.75) is 23.3 Å². The van der Waals surface area contributed by atoms with Gasteiger partial charge in [0.15, 0.2) is 0 Å². The first-order valence-electron chi connectivity index (χ1n) is 5.70. The maximum atomic E-state index is 10.4. The molecule has 0 saturated carbocycles. The van der Waals surface area contributed by atoms with E-state index in [0.29, 0.717) is 5.75 Å². The monoisotopic (exact) mass is 239 g/mol. The third-order valence-electron chi connectivity index (χ3n) is 3.90. The Kier molecular flexibility index (Phi) is 2.30. The van der Waals surface area contributed by atoms with Crippen molar-refractivity contribution in [2.75, 3.05) is 13.1 Å². The fraction of sp³-hybridized carbons (Fsp3) is 0.500. The van der Waals surface area contributed by atoms with E-state index in [1.54, 1.807) is 0 Å². The predicted molar refractivity (Wildman–Crippen MR) is 66.8 cm³/mol. The van der Waals surface area contributed by atoms with Crippen molar-refractivity contribution < 1.29 is 9.11 Å². The zero-order chi connectivity index (χ0) is 11.2. The van der Waals surface area contributed by atoms with E-state index in [1.165, 1.54) is 5.56 Å². The highest BCUT2D eigenvalue weighted by Gasteiger charge is 2.51. The Bertz CT molecular complexity index is 413. The minimum absolute atomic E-state index is 0.366. The van der Waals surface area contributed by atoms with E-state index >= 15 is 0 Å². The zero-order valence-corrected chi connectivity index (χ0v) is 9.96. The number of fused-ring (bicyclic) bond motifs is 2. The van der Waals surface area contributed by atoms with Gasteiger partial charge >= 0.3 is 0 Å². The number of hydrogen-bond donors (Lipinski definition) is 3. The molecular formula is C12H17NO2S. The van der Waals surface area contributed by atoms with Gasteiger partial charge in [0.25, 0.3) is 0 Å². The van der Waals surface area contributed by atoms with Gasteiger partial charge in [0.2, 0.25) is 0 Å². The van der Waals surface area contributed by atoms with Crippen molar-refractivity contribution >= 4 is 10.6 Å². The van der Waals surface area contributed by atoms with Gasteiger partial charge in [-0.25, -0.2) is 0 Å². The Morgan fingerprint density at radius 3 is 2.56 bits per heavy atom. The molecule has 3 N–H and O–H groups in total. The Morgan fingerprint density at radius 2 is 1.81 bits per heavy atom. The third kappa shape index (κ3) is 1.27. The maximum Gasteiger partial charge on any atom is 0.0873 e. The van der Waals surface area contributed by atoms with Crippen LogP contribution < -0.4 is 5.32 Å². The minimum atomic E-state index is -2.51. The van der Waals surface area contributed by atoms with E-state index in [4.69, 9.17) is 0 Å². The van der Waals surface area contributed by atoms with Gasteiger partial charge in [-0.3, -0.25) is 9.11 Å². The Morgan fingerprint density at radius 1 is 1.12 bits per heavy atom. The summed E-state index contributed by atoms with van der Waals surface area (Å²) in [4.78, 5) is 0. The van der Waals surface area contributed by atoms with Crippen LogP contribution in [-0.4, -0.2) is 22.2 Å². The quantitative estimate of drug-likeness (QED) is 0.652. The van der Waals surface area contributed by atoms with Crippen LogP contribution in [0.1, 0.15) is 24.0 Å². The lowest BCUT2D eigenvalue weighted by Gasteiger charge is -2.48. The van der Waals surface area contributed by atoms with E-state index < -0.39 is 10.6 Å². The molecule has 1 aromatic carbocycles. The molecule has 0 aromatic heterocycles. The number of benzene rings is 1. The SMILES string of the molecule is OS1(O)Cc2ccccc2C12CCNCC2. The third-order valence-corrected chi connectivity index (χ3v) is 6.50. The first-order valence-corrected chi connectivity index (χ1v) is 7.42. The van der Waals surface area contributed by atoms with E-state index in [0.717, 1.165) is 31.5 Å². The van der Waals surface area contributed by atoms with Gasteiger partial charge < -0.3 is 5.32 Å². The van der Waals surface area contributed by atoms with Crippen LogP contribution in [0, 0.1) is 0 Å². The highest BCUT2D eigenvalue weighted by Crippen LogP contribution is 2.69. The molecular weight excluding hydrogens is 222 g/mol. The highest BCUT2D eigenvalue weighted by atomic mass is 32.3. The summed E-state index contributed by atoms with van der Waals surface area (Å²) in [6, 6.07) is 8.08. The maximum absolute atomic E-state index is 10.4. The molecule has 3 rings (SSSR count). The van der Waals surface area contributed by atoms with E-state index in [9.17, 15) is 9.11 Å². The highest BCUT2D eigenvalue weighted by molar-refractivity contribution is 8.24. The first kappa shape index (κ1) is 10.6. The lowest BCUT2D eigenvalue weighted by Crippen LogP contribution is -2.41. The van der Waals surface area contributed by atoms with Crippen molar-refractivity contribution in [1.82, 2.24) is 5.32 Å². The van der Waals surface area contributed by atoms with Gasteiger partial charge in [-0.2, -0.15) is 10.6 Å². The fourth-order valence-electron chi connectivity index (χ4n) is 3.05. The lowest BCUT2D eigenvalue weighted by atomic mass is 9.87. The number of rotatable bonds is 0. The average molecular weight is 239 g/mol. The zero-order valence-electron chi connectivity index (χ0n) is 9.15. The normalized spacial score (nSPS) is 27.6. The number of nitrogens with one attached hydrogen (secondary N) is 1. The van der Waals surface area contributed by atoms with Crippen LogP contribution in [-0.2, 0) is 10.5 Å². The van der Waals surface area contributed by atoms with Gasteiger partial charge in [0.1, 0.15) is 0 Å². The van der Waals surface area contributed by atoms with Gasteiger partial charge in [0, 0.05) is 0 Å². The summed E-state index contributed by atoms with van der Waals surface area (Å²) in [5.74, 6) is 0.448. The van der Waals surface area contributed by atoms with E-state index in [-0.39, 0.29) is 4.75 Å². The summed E-state index contributed by atoms with van der Waals surface area (Å²) in [5, 5.41) is 3.30. The predicted octanol–water partition coefficient (Wildman–Crippen LogP) is 2.53. The molecule has 2 heterocycles. The molecule has 0 bridgehead atoms. The standard InChI is InChI=1S/C12H17NO2S/c14-16(15)9-10-3-1-2-4-11(10)12(16)5-7-13-8-6-12/h1-4,13-15H,5-9H2. The van der Waals surface area contributed by atoms with Crippen LogP contribution in [0.3, 0.4) is 0 Å². The summed E-state index contributed by atoms with van der Waals surface area (Å²) in [7, 11) is -2.51. The molecule has 16 heavy (non-hydrogen) atoms. The van der Waals surface area contributed by atoms with Crippen LogP contribution in [0.4, 0.5) is 0 Å². The molecule has 4 heteroatoms. The first-order chi connectivity index (χ1) is 7.66. The molecule has 2 aliphatic rings. The second-order valence-electron chi connectivity index (χ2n) is 4.71. The van der Waals surface area contributed by atoms with E-state index in [1.807, 2.05) is 18.2 Å². The Balaban J connectivity index is 2.14. The van der Waals surface area contributed by atoms with Crippen molar-refractivity contribution in [1.29, 1.82) is 0 Å². The van der Waals surface area contributed by atoms with Gasteiger partial charge in [-0.1, -0.05) is 24.3 Å². The van der Waals surface area contributed by atoms with Crippen LogP contribution in [0.15, 0.2) is 24.3 Å². The van der Waals surface area contributed by atoms with Gasteiger partial charge in [-0.05, 0) is 37.1 Å². The van der Waals surface area contributed by atoms with Gasteiger partial charge in [0.05, 0.1) is 10.5 Å². The average Bonchev–Trinajstić information content (AvgIpc) is 2.49. The number of piperidine rings is 1. The van der Waals surface area contributed by atoms with Crippen molar-refractivity contribution in [3.63, 3.8) is 0 Å². The fourth-order valence-corrected chi connectivity index (χ4v) is 5.42. The molecule has 0 unspecified atom stereocenters. The molecule has 0 amide bonds. The molecule has 88 valence electrons. The van der Waals surface area contributed by atoms with Crippen LogP contribution in [0.5, 0.6) is 0 Å². The second kappa shape index (κ2) is 3.47. The molecule has 1 spiro atoms. The van der Waals surface area contributed by atoms with Crippen molar-refractivity contribution in [3.8, 4) is 0 Å². The molecule has 1 aromatic rings.